The minimum atomic E-state index is -0.389. The molecule has 4 nitrogen and oxygen atoms in total. The van der Waals surface area contributed by atoms with Crippen LogP contribution in [0.25, 0.3) is 0 Å². The lowest BCUT2D eigenvalue weighted by Crippen LogP contribution is -2.20. The van der Waals surface area contributed by atoms with Crippen molar-refractivity contribution in [3.05, 3.63) is 118 Å². The first-order chi connectivity index (χ1) is 16.1. The molecule has 0 unspecified atom stereocenters. The Hall–Kier alpha value is -3.48. The zero-order valence-electron chi connectivity index (χ0n) is 18.2. The van der Waals surface area contributed by atoms with Crippen molar-refractivity contribution in [2.75, 3.05) is 17.7 Å². The molecule has 0 fully saturated rings. The van der Waals surface area contributed by atoms with Gasteiger partial charge in [-0.3, -0.25) is 0 Å². The van der Waals surface area contributed by atoms with E-state index < -0.39 is 0 Å². The Kier molecular flexibility index (Phi) is 7.50. The molecule has 0 aliphatic carbocycles. The summed E-state index contributed by atoms with van der Waals surface area (Å²) in [6.07, 6.45) is 1.53. The number of carbonyl (C=O) groups is 1. The summed E-state index contributed by atoms with van der Waals surface area (Å²) in [6.45, 7) is 0. The molecule has 4 rings (SSSR count). The summed E-state index contributed by atoms with van der Waals surface area (Å²) < 4.78 is 4.99. The summed E-state index contributed by atoms with van der Waals surface area (Å²) in [5.74, 6) is -0.389. The topological polar surface area (TPSA) is 50.4 Å². The number of hydrogen-bond acceptors (Lipinski definition) is 4. The molecular weight excluding hydrogens is 448 g/mol. The first kappa shape index (κ1) is 22.7. The number of nitrogens with one attached hydrogen (secondary N) is 2. The molecule has 0 saturated heterocycles. The van der Waals surface area contributed by atoms with Crippen LogP contribution in [-0.4, -0.2) is 18.2 Å². The van der Waals surface area contributed by atoms with Crippen molar-refractivity contribution in [2.24, 2.45) is 0 Å². The molecular formula is C27H24N2O2S2. The van der Waals surface area contributed by atoms with Gasteiger partial charge in [-0.1, -0.05) is 78.9 Å². The summed E-state index contributed by atoms with van der Waals surface area (Å²) in [5, 5.41) is 7.60. The zero-order valence-corrected chi connectivity index (χ0v) is 19.8. The summed E-state index contributed by atoms with van der Waals surface area (Å²) in [6, 6.07) is 30.4. The Morgan fingerprint density at radius 3 is 2.12 bits per heavy atom. The van der Waals surface area contributed by atoms with Gasteiger partial charge in [0.15, 0.2) is 5.11 Å². The number of rotatable bonds is 7. The van der Waals surface area contributed by atoms with Gasteiger partial charge in [-0.15, -0.1) is 11.3 Å². The van der Waals surface area contributed by atoms with Crippen molar-refractivity contribution in [1.82, 2.24) is 0 Å². The number of carbonyl (C=O) groups excluding carboxylic acids is 1. The SMILES string of the molecule is COC(=O)c1cc(Cc2ccccc2)sc1NC(=S)Nc1ccccc1Cc1ccccc1. The Morgan fingerprint density at radius 1 is 0.848 bits per heavy atom. The van der Waals surface area contributed by atoms with Crippen molar-refractivity contribution < 1.29 is 9.53 Å². The fourth-order valence-electron chi connectivity index (χ4n) is 3.55. The molecule has 0 aliphatic heterocycles. The monoisotopic (exact) mass is 472 g/mol. The van der Waals surface area contributed by atoms with Gasteiger partial charge in [0, 0.05) is 17.0 Å². The van der Waals surface area contributed by atoms with Crippen LogP contribution >= 0.6 is 23.6 Å². The van der Waals surface area contributed by atoms with E-state index in [9.17, 15) is 4.79 Å². The van der Waals surface area contributed by atoms with E-state index in [2.05, 4.69) is 41.0 Å². The molecule has 1 aromatic heterocycles. The molecule has 2 N–H and O–H groups in total. The summed E-state index contributed by atoms with van der Waals surface area (Å²) in [5.41, 5.74) is 4.95. The van der Waals surface area contributed by atoms with E-state index in [0.717, 1.165) is 29.0 Å². The molecule has 6 heteroatoms. The van der Waals surface area contributed by atoms with E-state index in [1.165, 1.54) is 29.6 Å². The summed E-state index contributed by atoms with van der Waals surface area (Å²) in [7, 11) is 1.39. The average Bonchev–Trinajstić information content (AvgIpc) is 3.23. The molecule has 0 radical (unpaired) electrons. The van der Waals surface area contributed by atoms with E-state index in [1.807, 2.05) is 60.7 Å². The molecule has 0 saturated carbocycles. The lowest BCUT2D eigenvalue weighted by atomic mass is 10.0. The second kappa shape index (κ2) is 10.9. The molecule has 0 spiro atoms. The normalized spacial score (nSPS) is 10.5. The number of thiophene rings is 1. The molecule has 33 heavy (non-hydrogen) atoms. The Balaban J connectivity index is 1.51. The zero-order chi connectivity index (χ0) is 23.0. The number of methoxy groups -OCH3 is 1. The second-order valence-electron chi connectivity index (χ2n) is 7.51. The predicted octanol–water partition coefficient (Wildman–Crippen LogP) is 6.53. The third-order valence-corrected chi connectivity index (χ3v) is 6.39. The van der Waals surface area contributed by atoms with E-state index in [4.69, 9.17) is 17.0 Å². The molecule has 0 amide bonds. The summed E-state index contributed by atoms with van der Waals surface area (Å²) in [4.78, 5) is 13.4. The maximum atomic E-state index is 12.4. The highest BCUT2D eigenvalue weighted by molar-refractivity contribution is 7.80. The minimum absolute atomic E-state index is 0.389. The van der Waals surface area contributed by atoms with Crippen LogP contribution in [0.4, 0.5) is 10.7 Å². The molecule has 4 aromatic rings. The first-order valence-corrected chi connectivity index (χ1v) is 11.8. The Labute approximate surface area is 203 Å². The Morgan fingerprint density at radius 2 is 1.45 bits per heavy atom. The van der Waals surface area contributed by atoms with E-state index in [1.54, 1.807) is 0 Å². The van der Waals surface area contributed by atoms with Crippen molar-refractivity contribution in [1.29, 1.82) is 0 Å². The van der Waals surface area contributed by atoms with Crippen molar-refractivity contribution >= 4 is 45.3 Å². The van der Waals surface area contributed by atoms with Gasteiger partial charge in [-0.2, -0.15) is 0 Å². The first-order valence-electron chi connectivity index (χ1n) is 10.6. The maximum absolute atomic E-state index is 12.4. The van der Waals surface area contributed by atoms with Crippen LogP contribution in [0.5, 0.6) is 0 Å². The lowest BCUT2D eigenvalue weighted by molar-refractivity contribution is 0.0602. The number of benzene rings is 3. The highest BCUT2D eigenvalue weighted by Gasteiger charge is 2.18. The minimum Gasteiger partial charge on any atom is -0.465 e. The van der Waals surface area contributed by atoms with Gasteiger partial charge >= 0.3 is 5.97 Å². The van der Waals surface area contributed by atoms with Gasteiger partial charge < -0.3 is 15.4 Å². The van der Waals surface area contributed by atoms with Gasteiger partial charge in [0.1, 0.15) is 5.00 Å². The quantitative estimate of drug-likeness (QED) is 0.237. The van der Waals surface area contributed by atoms with Gasteiger partial charge in [-0.25, -0.2) is 4.79 Å². The number of ether oxygens (including phenoxy) is 1. The highest BCUT2D eigenvalue weighted by atomic mass is 32.1. The fourth-order valence-corrected chi connectivity index (χ4v) is 4.91. The van der Waals surface area contributed by atoms with Crippen LogP contribution in [-0.2, 0) is 17.6 Å². The van der Waals surface area contributed by atoms with Gasteiger partial charge in [0.2, 0.25) is 0 Å². The average molecular weight is 473 g/mol. The number of thiocarbonyl (C=S) groups is 1. The van der Waals surface area contributed by atoms with Crippen LogP contribution < -0.4 is 10.6 Å². The van der Waals surface area contributed by atoms with Gasteiger partial charge in [-0.05, 0) is 47.5 Å². The Bertz CT molecular complexity index is 1240. The third-order valence-electron chi connectivity index (χ3n) is 5.14. The van der Waals surface area contributed by atoms with Crippen molar-refractivity contribution in [3.8, 4) is 0 Å². The van der Waals surface area contributed by atoms with Crippen LogP contribution in [0, 0.1) is 0 Å². The number of esters is 1. The van der Waals surface area contributed by atoms with Gasteiger partial charge in [0.05, 0.1) is 12.7 Å². The molecule has 0 bridgehead atoms. The van der Waals surface area contributed by atoms with Crippen LogP contribution in [0.3, 0.4) is 0 Å². The van der Waals surface area contributed by atoms with Crippen molar-refractivity contribution in [3.63, 3.8) is 0 Å². The molecule has 3 aromatic carbocycles. The molecule has 166 valence electrons. The van der Waals surface area contributed by atoms with Crippen molar-refractivity contribution in [2.45, 2.75) is 12.8 Å². The molecule has 0 aliphatic rings. The summed E-state index contributed by atoms with van der Waals surface area (Å²) >= 11 is 7.10. The largest absolute Gasteiger partial charge is 0.465 e. The predicted molar refractivity (Wildman–Crippen MR) is 140 cm³/mol. The van der Waals surface area contributed by atoms with E-state index in [0.29, 0.717) is 15.7 Å². The van der Waals surface area contributed by atoms with E-state index in [-0.39, 0.29) is 5.97 Å². The second-order valence-corrected chi connectivity index (χ2v) is 9.05. The highest BCUT2D eigenvalue weighted by Crippen LogP contribution is 2.31. The smallest absolute Gasteiger partial charge is 0.340 e. The van der Waals surface area contributed by atoms with Gasteiger partial charge in [0.25, 0.3) is 0 Å². The third kappa shape index (κ3) is 6.06. The van der Waals surface area contributed by atoms with Crippen LogP contribution in [0.1, 0.15) is 31.9 Å². The molecule has 1 heterocycles. The number of hydrogen-bond donors (Lipinski definition) is 2. The van der Waals surface area contributed by atoms with E-state index >= 15 is 0 Å². The van der Waals surface area contributed by atoms with Crippen LogP contribution in [0.2, 0.25) is 0 Å². The standard InChI is InChI=1S/C27H24N2O2S2/c1-31-26(30)23-18-22(17-20-12-6-3-7-13-20)33-25(23)29-27(32)28-24-15-9-8-14-21(24)16-19-10-4-2-5-11-19/h2-15,18H,16-17H2,1H3,(H2,28,29,32). The lowest BCUT2D eigenvalue weighted by Gasteiger charge is -2.14. The molecule has 0 atom stereocenters. The fraction of sp³-hybridized carbons (Fsp3) is 0.111. The number of para-hydroxylation sites is 1. The van der Waals surface area contributed by atoms with Crippen LogP contribution in [0.15, 0.2) is 91.0 Å². The number of anilines is 2. The maximum Gasteiger partial charge on any atom is 0.340 e.